The number of alkyl halides is 2. The molecule has 0 bridgehead atoms. The molecule has 2 rings (SSSR count). The Labute approximate surface area is 146 Å². The Hall–Kier alpha value is -2.20. The van der Waals surface area contributed by atoms with Crippen LogP contribution in [0.4, 0.5) is 14.5 Å². The number of aromatic amines is 1. The average Bonchev–Trinajstić information content (AvgIpc) is 2.47. The number of nitrogens with zero attached hydrogens (tertiary/aromatic N) is 1. The molecule has 0 saturated heterocycles. The molecule has 11 heteroatoms. The molecule has 0 aliphatic rings. The van der Waals surface area contributed by atoms with Crippen LogP contribution in [0.1, 0.15) is 0 Å². The van der Waals surface area contributed by atoms with Crippen LogP contribution in [0.5, 0.6) is 5.75 Å². The van der Waals surface area contributed by atoms with Crippen LogP contribution in [-0.4, -0.2) is 22.1 Å². The standard InChI is InChI=1S/C13H9BrClF2N3O4/c14-7-4-20(13(23)19-11(7)22)5-10(21)18-6-1-2-9(8(15)3-6)24-12(16)17/h1-4,12H,5H2,(H,18,21)(H,19,22,23). The van der Waals surface area contributed by atoms with E-state index in [1.807, 2.05) is 4.98 Å². The highest BCUT2D eigenvalue weighted by atomic mass is 79.9. The number of hydrogen-bond donors (Lipinski definition) is 2. The number of carbonyl (C=O) groups is 1. The molecule has 2 N–H and O–H groups in total. The molecular formula is C13H9BrClF2N3O4. The van der Waals surface area contributed by atoms with E-state index in [9.17, 15) is 23.2 Å². The highest BCUT2D eigenvalue weighted by Gasteiger charge is 2.11. The van der Waals surface area contributed by atoms with Gasteiger partial charge in [-0.1, -0.05) is 11.6 Å². The third-order valence-electron chi connectivity index (χ3n) is 2.71. The third-order valence-corrected chi connectivity index (χ3v) is 3.57. The maximum atomic E-state index is 12.1. The second-order valence-corrected chi connectivity index (χ2v) is 5.70. The highest BCUT2D eigenvalue weighted by molar-refractivity contribution is 9.10. The Morgan fingerprint density at radius 1 is 1.42 bits per heavy atom. The smallest absolute Gasteiger partial charge is 0.387 e. The molecule has 24 heavy (non-hydrogen) atoms. The van der Waals surface area contributed by atoms with Gasteiger partial charge in [0, 0.05) is 11.9 Å². The number of H-pyrrole nitrogens is 1. The van der Waals surface area contributed by atoms with E-state index in [0.29, 0.717) is 0 Å². The number of ether oxygens (including phenoxy) is 1. The average molecular weight is 425 g/mol. The van der Waals surface area contributed by atoms with E-state index in [4.69, 9.17) is 11.6 Å². The van der Waals surface area contributed by atoms with E-state index >= 15 is 0 Å². The Bertz CT molecular complexity index is 884. The van der Waals surface area contributed by atoms with Crippen molar-refractivity contribution in [2.75, 3.05) is 5.32 Å². The van der Waals surface area contributed by atoms with Gasteiger partial charge in [-0.15, -0.1) is 0 Å². The van der Waals surface area contributed by atoms with Crippen molar-refractivity contribution in [1.29, 1.82) is 0 Å². The largest absolute Gasteiger partial charge is 0.433 e. The first-order valence-electron chi connectivity index (χ1n) is 6.29. The lowest BCUT2D eigenvalue weighted by Crippen LogP contribution is -2.33. The number of halogens is 4. The van der Waals surface area contributed by atoms with Crippen LogP contribution in [0.3, 0.4) is 0 Å². The van der Waals surface area contributed by atoms with Crippen molar-refractivity contribution in [3.63, 3.8) is 0 Å². The molecule has 1 amide bonds. The highest BCUT2D eigenvalue weighted by Crippen LogP contribution is 2.28. The summed E-state index contributed by atoms with van der Waals surface area (Å²) in [7, 11) is 0. The fourth-order valence-electron chi connectivity index (χ4n) is 1.73. The van der Waals surface area contributed by atoms with Gasteiger partial charge in [0.15, 0.2) is 0 Å². The van der Waals surface area contributed by atoms with E-state index in [1.165, 1.54) is 24.4 Å². The van der Waals surface area contributed by atoms with Crippen molar-refractivity contribution in [3.05, 3.63) is 54.7 Å². The van der Waals surface area contributed by atoms with Crippen molar-refractivity contribution >= 4 is 39.1 Å². The lowest BCUT2D eigenvalue weighted by Gasteiger charge is -2.10. The molecule has 1 aromatic carbocycles. The first kappa shape index (κ1) is 18.1. The second-order valence-electron chi connectivity index (χ2n) is 4.44. The molecule has 1 heterocycles. The number of carbonyl (C=O) groups excluding carboxylic acids is 1. The first-order chi connectivity index (χ1) is 11.3. The summed E-state index contributed by atoms with van der Waals surface area (Å²) in [5.41, 5.74) is -1.14. The topological polar surface area (TPSA) is 93.2 Å². The predicted molar refractivity (Wildman–Crippen MR) is 85.7 cm³/mol. The van der Waals surface area contributed by atoms with Gasteiger partial charge in [-0.3, -0.25) is 19.1 Å². The number of hydrogen-bond acceptors (Lipinski definition) is 4. The lowest BCUT2D eigenvalue weighted by atomic mass is 10.3. The Balaban J connectivity index is 2.10. The van der Waals surface area contributed by atoms with Gasteiger partial charge in [-0.2, -0.15) is 8.78 Å². The molecule has 128 valence electrons. The van der Waals surface area contributed by atoms with Crippen molar-refractivity contribution in [2.24, 2.45) is 0 Å². The Morgan fingerprint density at radius 3 is 2.75 bits per heavy atom. The van der Waals surface area contributed by atoms with Crippen LogP contribution >= 0.6 is 27.5 Å². The van der Waals surface area contributed by atoms with Gasteiger partial charge in [0.25, 0.3) is 5.56 Å². The zero-order valence-corrected chi connectivity index (χ0v) is 14.0. The fourth-order valence-corrected chi connectivity index (χ4v) is 2.30. The van der Waals surface area contributed by atoms with Crippen LogP contribution in [0.2, 0.25) is 5.02 Å². The number of benzene rings is 1. The van der Waals surface area contributed by atoms with E-state index in [2.05, 4.69) is 26.0 Å². The van der Waals surface area contributed by atoms with Crippen LogP contribution < -0.4 is 21.3 Å². The summed E-state index contributed by atoms with van der Waals surface area (Å²) in [5, 5.41) is 2.33. The molecule has 0 aliphatic carbocycles. The second kappa shape index (κ2) is 7.58. The number of anilines is 1. The molecule has 1 aromatic heterocycles. The number of nitrogens with one attached hydrogen (secondary N) is 2. The monoisotopic (exact) mass is 423 g/mol. The normalized spacial score (nSPS) is 10.7. The molecule has 0 saturated carbocycles. The summed E-state index contributed by atoms with van der Waals surface area (Å²) in [4.78, 5) is 36.8. The maximum absolute atomic E-state index is 12.1. The summed E-state index contributed by atoms with van der Waals surface area (Å²) >= 11 is 8.72. The first-order valence-corrected chi connectivity index (χ1v) is 7.47. The molecule has 2 aromatic rings. The molecule has 7 nitrogen and oxygen atoms in total. The van der Waals surface area contributed by atoms with E-state index in [0.717, 1.165) is 4.57 Å². The molecule has 0 aliphatic heterocycles. The van der Waals surface area contributed by atoms with Crippen molar-refractivity contribution < 1.29 is 18.3 Å². The zero-order valence-electron chi connectivity index (χ0n) is 11.7. The predicted octanol–water partition coefficient (Wildman–Crippen LogP) is 2.19. The van der Waals surface area contributed by atoms with Gasteiger partial charge in [0.05, 0.1) is 9.50 Å². The summed E-state index contributed by atoms with van der Waals surface area (Å²) in [6, 6.07) is 3.71. The van der Waals surface area contributed by atoms with Gasteiger partial charge in [0.1, 0.15) is 12.3 Å². The minimum atomic E-state index is -3.02. The maximum Gasteiger partial charge on any atom is 0.387 e. The quantitative estimate of drug-likeness (QED) is 0.769. The summed E-state index contributed by atoms with van der Waals surface area (Å²) in [6.45, 7) is -3.39. The summed E-state index contributed by atoms with van der Waals surface area (Å²) < 4.78 is 29.5. The van der Waals surface area contributed by atoms with Crippen molar-refractivity contribution in [1.82, 2.24) is 9.55 Å². The molecule has 0 radical (unpaired) electrons. The van der Waals surface area contributed by atoms with E-state index in [-0.39, 0.29) is 27.5 Å². The Kier molecular flexibility index (Phi) is 5.73. The minimum absolute atomic E-state index is 0.0893. The SMILES string of the molecule is O=C(Cn1cc(Br)c(=O)[nH]c1=O)Nc1ccc(OC(F)F)c(Cl)c1. The fraction of sp³-hybridized carbons (Fsp3) is 0.154. The van der Waals surface area contributed by atoms with Crippen LogP contribution in [0.25, 0.3) is 0 Å². The van der Waals surface area contributed by atoms with E-state index in [1.54, 1.807) is 0 Å². The zero-order chi connectivity index (χ0) is 17.9. The van der Waals surface area contributed by atoms with Gasteiger partial charge < -0.3 is 10.1 Å². The van der Waals surface area contributed by atoms with Gasteiger partial charge in [-0.05, 0) is 34.1 Å². The number of rotatable bonds is 5. The molecule has 0 fully saturated rings. The molecule has 0 spiro atoms. The van der Waals surface area contributed by atoms with Crippen molar-refractivity contribution in [2.45, 2.75) is 13.2 Å². The lowest BCUT2D eigenvalue weighted by molar-refractivity contribution is -0.116. The molecule has 0 unspecified atom stereocenters. The van der Waals surface area contributed by atoms with Crippen LogP contribution in [-0.2, 0) is 11.3 Å². The summed E-state index contributed by atoms with van der Waals surface area (Å²) in [5.74, 6) is -0.819. The van der Waals surface area contributed by atoms with Gasteiger partial charge in [-0.25, -0.2) is 4.79 Å². The molecular weight excluding hydrogens is 416 g/mol. The van der Waals surface area contributed by atoms with Gasteiger partial charge >= 0.3 is 12.3 Å². The van der Waals surface area contributed by atoms with Crippen LogP contribution in [0, 0.1) is 0 Å². The third kappa shape index (κ3) is 4.65. The van der Waals surface area contributed by atoms with Gasteiger partial charge in [0.2, 0.25) is 5.91 Å². The number of aromatic nitrogens is 2. The summed E-state index contributed by atoms with van der Waals surface area (Å²) in [6.07, 6.45) is 1.17. The van der Waals surface area contributed by atoms with Crippen molar-refractivity contribution in [3.8, 4) is 5.75 Å². The van der Waals surface area contributed by atoms with E-state index < -0.39 is 23.8 Å². The van der Waals surface area contributed by atoms with Crippen LogP contribution in [0.15, 0.2) is 38.5 Å². The molecule has 0 atom stereocenters. The minimum Gasteiger partial charge on any atom is -0.433 e. The number of amides is 1. The Morgan fingerprint density at radius 2 is 2.12 bits per heavy atom.